The van der Waals surface area contributed by atoms with E-state index in [1.807, 2.05) is 13.8 Å². The van der Waals surface area contributed by atoms with Gasteiger partial charge in [-0.3, -0.25) is 9.59 Å². The van der Waals surface area contributed by atoms with E-state index in [0.29, 0.717) is 13.1 Å². The number of amides is 1. The Labute approximate surface area is 95.7 Å². The largest absolute Gasteiger partial charge is 0.480 e. The molecule has 90 valence electrons. The Bertz CT molecular complexity index is 277. The molecular formula is C11H18N2O3. The van der Waals surface area contributed by atoms with Crippen LogP contribution in [0.4, 0.5) is 0 Å². The minimum Gasteiger partial charge on any atom is -0.480 e. The Kier molecular flexibility index (Phi) is 6.93. The topological polar surface area (TPSA) is 81.4 Å². The van der Waals surface area contributed by atoms with Crippen LogP contribution in [0.25, 0.3) is 0 Å². The van der Waals surface area contributed by atoms with Gasteiger partial charge < -0.3 is 10.0 Å². The third kappa shape index (κ3) is 4.78. The fourth-order valence-electron chi connectivity index (χ4n) is 1.39. The molecule has 5 heteroatoms. The summed E-state index contributed by atoms with van der Waals surface area (Å²) in [4.78, 5) is 23.9. The van der Waals surface area contributed by atoms with Crippen molar-refractivity contribution in [3.63, 3.8) is 0 Å². The van der Waals surface area contributed by atoms with E-state index in [1.54, 1.807) is 11.0 Å². The third-order valence-corrected chi connectivity index (χ3v) is 2.17. The Morgan fingerprint density at radius 1 is 1.31 bits per heavy atom. The fraction of sp³-hybridized carbons (Fsp3) is 0.727. The summed E-state index contributed by atoms with van der Waals surface area (Å²) in [7, 11) is 0. The van der Waals surface area contributed by atoms with E-state index in [1.165, 1.54) is 0 Å². The number of carboxylic acid groups (broad SMARTS) is 1. The maximum atomic E-state index is 11.7. The van der Waals surface area contributed by atoms with Gasteiger partial charge in [-0.15, -0.1) is 0 Å². The van der Waals surface area contributed by atoms with Crippen molar-refractivity contribution in [2.45, 2.75) is 33.1 Å². The van der Waals surface area contributed by atoms with Crippen LogP contribution in [0.3, 0.4) is 0 Å². The average Bonchev–Trinajstić information content (AvgIpc) is 2.24. The van der Waals surface area contributed by atoms with Gasteiger partial charge in [0.15, 0.2) is 5.92 Å². The quantitative estimate of drug-likeness (QED) is 0.708. The van der Waals surface area contributed by atoms with Gasteiger partial charge in [0.25, 0.3) is 0 Å². The highest BCUT2D eigenvalue weighted by molar-refractivity contribution is 5.83. The van der Waals surface area contributed by atoms with Gasteiger partial charge in [-0.05, 0) is 12.8 Å². The van der Waals surface area contributed by atoms with Crippen LogP contribution in [-0.2, 0) is 9.59 Å². The van der Waals surface area contributed by atoms with Crippen molar-refractivity contribution in [1.82, 2.24) is 4.90 Å². The van der Waals surface area contributed by atoms with Crippen LogP contribution in [0.2, 0.25) is 0 Å². The highest BCUT2D eigenvalue weighted by Crippen LogP contribution is 2.07. The van der Waals surface area contributed by atoms with Crippen LogP contribution in [0.1, 0.15) is 33.1 Å². The fourth-order valence-corrected chi connectivity index (χ4v) is 1.39. The van der Waals surface area contributed by atoms with Crippen LogP contribution in [-0.4, -0.2) is 35.0 Å². The summed E-state index contributed by atoms with van der Waals surface area (Å²) in [5.74, 6) is -2.72. The van der Waals surface area contributed by atoms with E-state index in [-0.39, 0.29) is 12.3 Å². The minimum atomic E-state index is -1.23. The van der Waals surface area contributed by atoms with Gasteiger partial charge in [0.2, 0.25) is 5.91 Å². The SMILES string of the molecule is CCCN(CCC)C(=O)CC(C#N)C(=O)O. The summed E-state index contributed by atoms with van der Waals surface area (Å²) in [6.45, 7) is 5.14. The van der Waals surface area contributed by atoms with Crippen molar-refractivity contribution in [3.8, 4) is 6.07 Å². The molecular weight excluding hydrogens is 208 g/mol. The molecule has 0 fully saturated rings. The van der Waals surface area contributed by atoms with Crippen LogP contribution in [0.15, 0.2) is 0 Å². The minimum absolute atomic E-state index is 0.230. The molecule has 0 aliphatic carbocycles. The van der Waals surface area contributed by atoms with Gasteiger partial charge in [0.1, 0.15) is 0 Å². The van der Waals surface area contributed by atoms with Gasteiger partial charge in [-0.25, -0.2) is 0 Å². The zero-order valence-corrected chi connectivity index (χ0v) is 9.77. The number of hydrogen-bond donors (Lipinski definition) is 1. The summed E-state index contributed by atoms with van der Waals surface area (Å²) in [6, 6.07) is 1.62. The molecule has 0 aromatic heterocycles. The molecule has 0 aliphatic rings. The Hall–Kier alpha value is -1.57. The highest BCUT2D eigenvalue weighted by atomic mass is 16.4. The maximum Gasteiger partial charge on any atom is 0.321 e. The summed E-state index contributed by atoms with van der Waals surface area (Å²) in [6.07, 6.45) is 1.43. The highest BCUT2D eigenvalue weighted by Gasteiger charge is 2.23. The lowest BCUT2D eigenvalue weighted by atomic mass is 10.1. The summed E-state index contributed by atoms with van der Waals surface area (Å²) < 4.78 is 0. The molecule has 0 heterocycles. The molecule has 1 unspecified atom stereocenters. The lowest BCUT2D eigenvalue weighted by Crippen LogP contribution is -2.34. The van der Waals surface area contributed by atoms with Gasteiger partial charge in [0, 0.05) is 13.1 Å². The molecule has 1 N–H and O–H groups in total. The number of hydrogen-bond acceptors (Lipinski definition) is 3. The van der Waals surface area contributed by atoms with Crippen LogP contribution in [0, 0.1) is 17.2 Å². The molecule has 1 amide bonds. The first-order chi connectivity index (χ1) is 7.56. The second kappa shape index (κ2) is 7.69. The third-order valence-electron chi connectivity index (χ3n) is 2.17. The van der Waals surface area contributed by atoms with Crippen molar-refractivity contribution < 1.29 is 14.7 Å². The standard InChI is InChI=1S/C11H18N2O3/c1-3-5-13(6-4-2)10(14)7-9(8-12)11(15)16/h9H,3-7H2,1-2H3,(H,15,16). The van der Waals surface area contributed by atoms with E-state index in [9.17, 15) is 9.59 Å². The molecule has 0 radical (unpaired) electrons. The lowest BCUT2D eigenvalue weighted by molar-refractivity contribution is -0.143. The van der Waals surface area contributed by atoms with Crippen molar-refractivity contribution in [1.29, 1.82) is 5.26 Å². The number of rotatable bonds is 7. The molecule has 0 aromatic rings. The molecule has 0 rings (SSSR count). The molecule has 5 nitrogen and oxygen atoms in total. The number of carboxylic acids is 1. The molecule has 0 aromatic carbocycles. The summed E-state index contributed by atoms with van der Waals surface area (Å²) in [5.41, 5.74) is 0. The van der Waals surface area contributed by atoms with E-state index in [4.69, 9.17) is 10.4 Å². The number of carbonyl (C=O) groups excluding carboxylic acids is 1. The number of nitriles is 1. The van der Waals surface area contributed by atoms with Crippen molar-refractivity contribution in [3.05, 3.63) is 0 Å². The summed E-state index contributed by atoms with van der Waals surface area (Å²) >= 11 is 0. The molecule has 0 aliphatic heterocycles. The molecule has 1 atom stereocenters. The van der Waals surface area contributed by atoms with Crippen LogP contribution < -0.4 is 0 Å². The Balaban J connectivity index is 4.39. The van der Waals surface area contributed by atoms with Gasteiger partial charge in [-0.1, -0.05) is 13.8 Å². The number of aliphatic carboxylic acids is 1. The zero-order valence-electron chi connectivity index (χ0n) is 9.77. The second-order valence-corrected chi connectivity index (χ2v) is 3.60. The molecule has 0 bridgehead atoms. The van der Waals surface area contributed by atoms with Gasteiger partial charge >= 0.3 is 5.97 Å². The van der Waals surface area contributed by atoms with Crippen molar-refractivity contribution in [2.24, 2.45) is 5.92 Å². The lowest BCUT2D eigenvalue weighted by Gasteiger charge is -2.21. The first kappa shape index (κ1) is 14.4. The Morgan fingerprint density at radius 2 is 1.81 bits per heavy atom. The second-order valence-electron chi connectivity index (χ2n) is 3.60. The molecule has 16 heavy (non-hydrogen) atoms. The van der Waals surface area contributed by atoms with Gasteiger partial charge in [0.05, 0.1) is 12.5 Å². The molecule has 0 spiro atoms. The maximum absolute atomic E-state index is 11.7. The van der Waals surface area contributed by atoms with Gasteiger partial charge in [-0.2, -0.15) is 5.26 Å². The van der Waals surface area contributed by atoms with Crippen LogP contribution in [0.5, 0.6) is 0 Å². The predicted molar refractivity (Wildman–Crippen MR) is 58.5 cm³/mol. The molecule has 0 saturated heterocycles. The van der Waals surface area contributed by atoms with E-state index in [0.717, 1.165) is 12.8 Å². The van der Waals surface area contributed by atoms with E-state index in [2.05, 4.69) is 0 Å². The summed E-state index contributed by atoms with van der Waals surface area (Å²) in [5, 5.41) is 17.3. The number of carbonyl (C=O) groups is 2. The van der Waals surface area contributed by atoms with E-state index < -0.39 is 11.9 Å². The number of nitrogens with zero attached hydrogens (tertiary/aromatic N) is 2. The van der Waals surface area contributed by atoms with Crippen molar-refractivity contribution in [2.75, 3.05) is 13.1 Å². The first-order valence-corrected chi connectivity index (χ1v) is 5.46. The first-order valence-electron chi connectivity index (χ1n) is 5.46. The monoisotopic (exact) mass is 226 g/mol. The van der Waals surface area contributed by atoms with Crippen molar-refractivity contribution >= 4 is 11.9 Å². The zero-order chi connectivity index (χ0) is 12.6. The van der Waals surface area contributed by atoms with E-state index >= 15 is 0 Å². The van der Waals surface area contributed by atoms with Crippen LogP contribution >= 0.6 is 0 Å². The normalized spacial score (nSPS) is 11.6. The Morgan fingerprint density at radius 3 is 2.12 bits per heavy atom. The average molecular weight is 226 g/mol. The predicted octanol–water partition coefficient (Wildman–Crippen LogP) is 1.25. The molecule has 0 saturated carbocycles. The smallest absolute Gasteiger partial charge is 0.321 e.